The van der Waals surface area contributed by atoms with Crippen molar-refractivity contribution in [3.05, 3.63) is 42.2 Å². The topological polar surface area (TPSA) is 72.9 Å². The van der Waals surface area contributed by atoms with Crippen LogP contribution in [0.15, 0.2) is 36.5 Å². The molecule has 1 aromatic heterocycles. The van der Waals surface area contributed by atoms with Crippen LogP contribution in [-0.4, -0.2) is 33.2 Å². The number of aromatic nitrogens is 2. The first-order valence-electron chi connectivity index (χ1n) is 7.04. The quantitative estimate of drug-likeness (QED) is 0.848. The highest BCUT2D eigenvalue weighted by Gasteiger charge is 2.17. The summed E-state index contributed by atoms with van der Waals surface area (Å²) in [4.78, 5) is 12.1. The third-order valence-electron chi connectivity index (χ3n) is 3.47. The number of nitrogens with two attached hydrogens (primary N) is 1. The first-order valence-corrected chi connectivity index (χ1v) is 8.08. The second-order valence-electron chi connectivity index (χ2n) is 5.09. The van der Waals surface area contributed by atoms with E-state index in [2.05, 4.69) is 10.4 Å². The molecule has 21 heavy (non-hydrogen) atoms. The summed E-state index contributed by atoms with van der Waals surface area (Å²) in [6, 6.07) is 9.13. The normalized spacial score (nSPS) is 17.8. The van der Waals surface area contributed by atoms with Gasteiger partial charge in [0, 0.05) is 23.7 Å². The van der Waals surface area contributed by atoms with Gasteiger partial charge in [-0.1, -0.05) is 6.07 Å². The lowest BCUT2D eigenvalue weighted by molar-refractivity contribution is 0.0948. The highest BCUT2D eigenvalue weighted by molar-refractivity contribution is 8.00. The van der Waals surface area contributed by atoms with Crippen molar-refractivity contribution in [2.24, 2.45) is 0 Å². The summed E-state index contributed by atoms with van der Waals surface area (Å²) in [5.41, 5.74) is 7.71. The number of hydrogen-bond acceptors (Lipinski definition) is 4. The number of thioether (sulfide) groups is 1. The van der Waals surface area contributed by atoms with Crippen molar-refractivity contribution in [2.45, 2.75) is 18.1 Å². The molecule has 1 saturated heterocycles. The minimum absolute atomic E-state index is 0.120. The molecule has 1 aliphatic rings. The molecule has 5 nitrogen and oxygen atoms in total. The van der Waals surface area contributed by atoms with E-state index in [4.69, 9.17) is 5.73 Å². The molecule has 1 unspecified atom stereocenters. The van der Waals surface area contributed by atoms with Crippen LogP contribution in [0, 0.1) is 0 Å². The monoisotopic (exact) mass is 302 g/mol. The Morgan fingerprint density at radius 2 is 2.38 bits per heavy atom. The summed E-state index contributed by atoms with van der Waals surface area (Å²) in [5.74, 6) is 1.08. The van der Waals surface area contributed by atoms with Gasteiger partial charge in [-0.2, -0.15) is 16.9 Å². The lowest BCUT2D eigenvalue weighted by Crippen LogP contribution is -2.30. The highest BCUT2D eigenvalue weighted by Crippen LogP contribution is 2.25. The van der Waals surface area contributed by atoms with Gasteiger partial charge in [0.15, 0.2) is 5.69 Å². The van der Waals surface area contributed by atoms with Gasteiger partial charge in [-0.25, -0.2) is 4.68 Å². The number of nitrogens with zero attached hydrogens (tertiary/aromatic N) is 2. The number of hydrogen-bond donors (Lipinski definition) is 2. The van der Waals surface area contributed by atoms with E-state index in [1.807, 2.05) is 36.0 Å². The van der Waals surface area contributed by atoms with Gasteiger partial charge in [0.25, 0.3) is 5.91 Å². The summed E-state index contributed by atoms with van der Waals surface area (Å²) < 4.78 is 1.66. The van der Waals surface area contributed by atoms with Gasteiger partial charge in [0.2, 0.25) is 0 Å². The molecular weight excluding hydrogens is 284 g/mol. The number of nitrogens with one attached hydrogen (secondary N) is 1. The van der Waals surface area contributed by atoms with Gasteiger partial charge >= 0.3 is 0 Å². The maximum atomic E-state index is 12.1. The minimum Gasteiger partial charge on any atom is -0.399 e. The number of nitrogen functional groups attached to an aromatic ring is 1. The Hall–Kier alpha value is -1.95. The second-order valence-corrected chi connectivity index (χ2v) is 6.49. The molecule has 1 aliphatic heterocycles. The van der Waals surface area contributed by atoms with E-state index in [-0.39, 0.29) is 5.91 Å². The van der Waals surface area contributed by atoms with Crippen molar-refractivity contribution in [1.29, 1.82) is 0 Å². The molecule has 3 rings (SSSR count). The van der Waals surface area contributed by atoms with E-state index in [0.717, 1.165) is 5.69 Å². The zero-order valence-corrected chi connectivity index (χ0v) is 12.5. The summed E-state index contributed by atoms with van der Waals surface area (Å²) in [6.07, 6.45) is 4.20. The number of carbonyl (C=O) groups is 1. The minimum atomic E-state index is -0.120. The fourth-order valence-electron chi connectivity index (χ4n) is 2.36. The van der Waals surface area contributed by atoms with Crippen molar-refractivity contribution >= 4 is 23.4 Å². The molecule has 0 saturated carbocycles. The molecule has 6 heteroatoms. The number of benzene rings is 1. The first-order chi connectivity index (χ1) is 10.2. The molecule has 110 valence electrons. The molecule has 1 aromatic carbocycles. The van der Waals surface area contributed by atoms with Crippen LogP contribution in [0.3, 0.4) is 0 Å². The molecule has 0 aliphatic carbocycles. The zero-order valence-electron chi connectivity index (χ0n) is 11.7. The van der Waals surface area contributed by atoms with Crippen LogP contribution in [0.2, 0.25) is 0 Å². The Morgan fingerprint density at radius 3 is 3.14 bits per heavy atom. The van der Waals surface area contributed by atoms with Crippen molar-refractivity contribution < 1.29 is 4.79 Å². The van der Waals surface area contributed by atoms with E-state index in [1.165, 1.54) is 18.6 Å². The Balaban J connectivity index is 1.65. The maximum absolute atomic E-state index is 12.1. The van der Waals surface area contributed by atoms with E-state index in [1.54, 1.807) is 16.9 Å². The predicted octanol–water partition coefficient (Wildman–Crippen LogP) is 2.08. The van der Waals surface area contributed by atoms with Crippen LogP contribution in [0.1, 0.15) is 23.3 Å². The molecule has 0 radical (unpaired) electrons. The largest absolute Gasteiger partial charge is 0.399 e. The number of amides is 1. The van der Waals surface area contributed by atoms with E-state index in [9.17, 15) is 4.79 Å². The average Bonchev–Trinajstić information content (AvgIpc) is 3.16. The molecule has 1 atom stereocenters. The van der Waals surface area contributed by atoms with Crippen LogP contribution in [0.25, 0.3) is 5.69 Å². The molecule has 2 heterocycles. The number of carbonyl (C=O) groups excluding carboxylic acids is 1. The third kappa shape index (κ3) is 3.39. The van der Waals surface area contributed by atoms with Crippen molar-refractivity contribution in [2.75, 3.05) is 18.0 Å². The van der Waals surface area contributed by atoms with Gasteiger partial charge in [-0.15, -0.1) is 0 Å². The van der Waals surface area contributed by atoms with E-state index >= 15 is 0 Å². The van der Waals surface area contributed by atoms with Gasteiger partial charge in [-0.3, -0.25) is 4.79 Å². The SMILES string of the molecule is Nc1cccc(-n2ccc(C(=O)NCC3CCCS3)n2)c1. The molecule has 2 aromatic rings. The highest BCUT2D eigenvalue weighted by atomic mass is 32.2. The van der Waals surface area contributed by atoms with Crippen LogP contribution < -0.4 is 11.1 Å². The smallest absolute Gasteiger partial charge is 0.271 e. The lowest BCUT2D eigenvalue weighted by Gasteiger charge is -2.08. The fraction of sp³-hybridized carbons (Fsp3) is 0.333. The Labute approximate surface area is 127 Å². The van der Waals surface area contributed by atoms with Gasteiger partial charge in [0.1, 0.15) is 0 Å². The third-order valence-corrected chi connectivity index (χ3v) is 4.87. The summed E-state index contributed by atoms with van der Waals surface area (Å²) in [6.45, 7) is 0.717. The van der Waals surface area contributed by atoms with Crippen LogP contribution in [-0.2, 0) is 0 Å². The van der Waals surface area contributed by atoms with Crippen molar-refractivity contribution in [1.82, 2.24) is 15.1 Å². The van der Waals surface area contributed by atoms with Gasteiger partial charge in [-0.05, 0) is 42.9 Å². The molecule has 1 amide bonds. The summed E-state index contributed by atoms with van der Waals surface area (Å²) >= 11 is 1.93. The molecule has 0 bridgehead atoms. The van der Waals surface area contributed by atoms with Crippen LogP contribution >= 0.6 is 11.8 Å². The van der Waals surface area contributed by atoms with Gasteiger partial charge < -0.3 is 11.1 Å². The molecule has 3 N–H and O–H groups in total. The summed E-state index contributed by atoms with van der Waals surface area (Å²) in [5, 5.41) is 7.81. The average molecular weight is 302 g/mol. The molecular formula is C15H18N4OS. The van der Waals surface area contributed by atoms with E-state index in [0.29, 0.717) is 23.2 Å². The lowest BCUT2D eigenvalue weighted by atomic mass is 10.2. The Bertz CT molecular complexity index is 634. The predicted molar refractivity (Wildman–Crippen MR) is 85.8 cm³/mol. The molecule has 1 fully saturated rings. The zero-order chi connectivity index (χ0) is 14.7. The fourth-order valence-corrected chi connectivity index (χ4v) is 3.56. The maximum Gasteiger partial charge on any atom is 0.271 e. The van der Waals surface area contributed by atoms with Gasteiger partial charge in [0.05, 0.1) is 5.69 Å². The Morgan fingerprint density at radius 1 is 1.48 bits per heavy atom. The van der Waals surface area contributed by atoms with E-state index < -0.39 is 0 Å². The standard InChI is InChI=1S/C15H18N4OS/c16-11-3-1-4-12(9-11)19-7-6-14(18-19)15(20)17-10-13-5-2-8-21-13/h1,3-4,6-7,9,13H,2,5,8,10,16H2,(H,17,20). The number of rotatable bonds is 4. The van der Waals surface area contributed by atoms with Crippen molar-refractivity contribution in [3.63, 3.8) is 0 Å². The molecule has 0 spiro atoms. The van der Waals surface area contributed by atoms with Crippen molar-refractivity contribution in [3.8, 4) is 5.69 Å². The Kier molecular flexibility index (Phi) is 4.15. The first kappa shape index (κ1) is 14.0. The summed E-state index contributed by atoms with van der Waals surface area (Å²) in [7, 11) is 0. The second kappa shape index (κ2) is 6.22. The number of anilines is 1. The van der Waals surface area contributed by atoms with Crippen LogP contribution in [0.4, 0.5) is 5.69 Å². The van der Waals surface area contributed by atoms with Crippen LogP contribution in [0.5, 0.6) is 0 Å².